The Morgan fingerprint density at radius 1 is 1.03 bits per heavy atom. The SMILES string of the molecule is COC(=O)CCC(=O)N(CCN1[C@@H]2CC[C@H]1C[C@@H](c1cccc(O)c1)C2)Cc1ccccc1. The number of nitrogens with zero attached hydrogens (tertiary/aromatic N) is 2. The number of esters is 1. The van der Waals surface area contributed by atoms with Crippen LogP contribution in [0.2, 0.25) is 0 Å². The first-order chi connectivity index (χ1) is 16.0. The topological polar surface area (TPSA) is 70.1 Å². The van der Waals surface area contributed by atoms with Gasteiger partial charge >= 0.3 is 5.97 Å². The summed E-state index contributed by atoms with van der Waals surface area (Å²) in [4.78, 5) is 29.0. The van der Waals surface area contributed by atoms with Crippen molar-refractivity contribution < 1.29 is 19.4 Å². The molecular weight excluding hydrogens is 416 g/mol. The lowest BCUT2D eigenvalue weighted by Crippen LogP contribution is -2.46. The number of hydrogen-bond acceptors (Lipinski definition) is 5. The number of phenols is 1. The molecule has 0 saturated carbocycles. The standard InChI is InChI=1S/C27H34N2O4/c1-33-27(32)13-12-26(31)28(19-20-6-3-2-4-7-20)14-15-29-23-10-11-24(29)17-22(16-23)21-8-5-9-25(30)18-21/h2-9,18,22-24,30H,10-17,19H2,1H3/t22-,23+,24-. The van der Waals surface area contributed by atoms with Crippen molar-refractivity contribution in [3.05, 3.63) is 65.7 Å². The molecule has 2 aliphatic heterocycles. The number of piperidine rings is 1. The number of carbonyl (C=O) groups is 2. The summed E-state index contributed by atoms with van der Waals surface area (Å²) in [7, 11) is 1.35. The predicted octanol–water partition coefficient (Wildman–Crippen LogP) is 4.08. The molecule has 2 bridgehead atoms. The van der Waals surface area contributed by atoms with Crippen molar-refractivity contribution in [2.45, 2.75) is 63.1 Å². The van der Waals surface area contributed by atoms with Crippen molar-refractivity contribution in [2.24, 2.45) is 0 Å². The van der Waals surface area contributed by atoms with Gasteiger partial charge in [-0.25, -0.2) is 0 Å². The van der Waals surface area contributed by atoms with Crippen LogP contribution in [0.3, 0.4) is 0 Å². The number of carbonyl (C=O) groups excluding carboxylic acids is 2. The summed E-state index contributed by atoms with van der Waals surface area (Å²) < 4.78 is 4.71. The molecule has 2 fully saturated rings. The van der Waals surface area contributed by atoms with Crippen LogP contribution in [0.1, 0.15) is 55.6 Å². The molecule has 2 aliphatic rings. The summed E-state index contributed by atoms with van der Waals surface area (Å²) in [5.41, 5.74) is 2.32. The fraction of sp³-hybridized carbons (Fsp3) is 0.481. The van der Waals surface area contributed by atoms with Crippen LogP contribution in [-0.2, 0) is 20.9 Å². The zero-order valence-electron chi connectivity index (χ0n) is 19.4. The van der Waals surface area contributed by atoms with Crippen molar-refractivity contribution in [1.29, 1.82) is 0 Å². The number of amides is 1. The average Bonchev–Trinajstić information content (AvgIpc) is 3.06. The maximum Gasteiger partial charge on any atom is 0.306 e. The van der Waals surface area contributed by atoms with Gasteiger partial charge in [0.1, 0.15) is 5.75 Å². The smallest absolute Gasteiger partial charge is 0.306 e. The Morgan fingerprint density at radius 3 is 2.42 bits per heavy atom. The van der Waals surface area contributed by atoms with Gasteiger partial charge in [-0.2, -0.15) is 0 Å². The highest BCUT2D eigenvalue weighted by molar-refractivity contribution is 5.81. The lowest BCUT2D eigenvalue weighted by molar-refractivity contribution is -0.143. The molecule has 2 heterocycles. The molecule has 3 atom stereocenters. The van der Waals surface area contributed by atoms with E-state index in [1.807, 2.05) is 47.4 Å². The minimum absolute atomic E-state index is 0.00810. The van der Waals surface area contributed by atoms with Crippen LogP contribution in [0.15, 0.2) is 54.6 Å². The highest BCUT2D eigenvalue weighted by Gasteiger charge is 2.41. The lowest BCUT2D eigenvalue weighted by atomic mass is 9.85. The first-order valence-electron chi connectivity index (χ1n) is 12.0. The number of aromatic hydroxyl groups is 1. The zero-order valence-corrected chi connectivity index (χ0v) is 19.4. The van der Waals surface area contributed by atoms with Crippen molar-refractivity contribution in [1.82, 2.24) is 9.80 Å². The zero-order chi connectivity index (χ0) is 23.2. The Labute approximate surface area is 196 Å². The minimum atomic E-state index is -0.352. The Hall–Kier alpha value is -2.86. The van der Waals surface area contributed by atoms with E-state index in [1.54, 1.807) is 6.07 Å². The summed E-state index contributed by atoms with van der Waals surface area (Å²) in [6.07, 6.45) is 4.85. The maximum atomic E-state index is 13.0. The molecule has 0 spiro atoms. The normalized spacial score (nSPS) is 22.2. The predicted molar refractivity (Wildman–Crippen MR) is 127 cm³/mol. The van der Waals surface area contributed by atoms with Gasteiger partial charge in [0.15, 0.2) is 0 Å². The molecule has 176 valence electrons. The van der Waals surface area contributed by atoms with E-state index in [0.717, 1.165) is 24.9 Å². The van der Waals surface area contributed by atoms with E-state index in [0.29, 0.717) is 36.8 Å². The molecule has 33 heavy (non-hydrogen) atoms. The van der Waals surface area contributed by atoms with Crippen LogP contribution < -0.4 is 0 Å². The second-order valence-electron chi connectivity index (χ2n) is 9.26. The maximum absolute atomic E-state index is 13.0. The summed E-state index contributed by atoms with van der Waals surface area (Å²) in [6.45, 7) is 2.05. The van der Waals surface area contributed by atoms with Crippen molar-refractivity contribution in [2.75, 3.05) is 20.2 Å². The summed E-state index contributed by atoms with van der Waals surface area (Å²) >= 11 is 0. The molecular formula is C27H34N2O4. The van der Waals surface area contributed by atoms with Gasteiger partial charge in [-0.15, -0.1) is 0 Å². The van der Waals surface area contributed by atoms with Gasteiger partial charge in [0.25, 0.3) is 0 Å². The molecule has 2 aromatic carbocycles. The number of ether oxygens (including phenoxy) is 1. The molecule has 4 rings (SSSR count). The highest BCUT2D eigenvalue weighted by Crippen LogP contribution is 2.43. The average molecular weight is 451 g/mol. The van der Waals surface area contributed by atoms with Crippen LogP contribution in [0.5, 0.6) is 5.75 Å². The molecule has 6 heteroatoms. The van der Waals surface area contributed by atoms with E-state index in [2.05, 4.69) is 11.0 Å². The number of hydrogen-bond donors (Lipinski definition) is 1. The number of phenolic OH excluding ortho intramolecular Hbond substituents is 1. The van der Waals surface area contributed by atoms with Crippen molar-refractivity contribution in [3.8, 4) is 5.75 Å². The third kappa shape index (κ3) is 5.93. The number of methoxy groups -OCH3 is 1. The Kier molecular flexibility index (Phi) is 7.65. The molecule has 0 unspecified atom stereocenters. The third-order valence-corrected chi connectivity index (χ3v) is 7.19. The van der Waals surface area contributed by atoms with E-state index in [4.69, 9.17) is 4.74 Å². The molecule has 2 aromatic rings. The fourth-order valence-electron chi connectivity index (χ4n) is 5.49. The lowest BCUT2D eigenvalue weighted by Gasteiger charge is -2.40. The van der Waals surface area contributed by atoms with Crippen LogP contribution in [0.4, 0.5) is 0 Å². The second kappa shape index (κ2) is 10.8. The van der Waals surface area contributed by atoms with Crippen LogP contribution in [-0.4, -0.2) is 59.1 Å². The monoisotopic (exact) mass is 450 g/mol. The van der Waals surface area contributed by atoms with Crippen molar-refractivity contribution in [3.63, 3.8) is 0 Å². The Bertz CT molecular complexity index is 934. The van der Waals surface area contributed by atoms with Gasteiger partial charge < -0.3 is 14.7 Å². The van der Waals surface area contributed by atoms with E-state index in [-0.39, 0.29) is 24.7 Å². The van der Waals surface area contributed by atoms with Crippen LogP contribution in [0, 0.1) is 0 Å². The molecule has 1 N–H and O–H groups in total. The first kappa shape index (κ1) is 23.3. The quantitative estimate of drug-likeness (QED) is 0.583. The summed E-state index contributed by atoms with van der Waals surface area (Å²) in [5.74, 6) is 0.457. The van der Waals surface area contributed by atoms with Gasteiger partial charge in [0.2, 0.25) is 5.91 Å². The van der Waals surface area contributed by atoms with Crippen LogP contribution in [0.25, 0.3) is 0 Å². The largest absolute Gasteiger partial charge is 0.508 e. The van der Waals surface area contributed by atoms with E-state index in [1.165, 1.54) is 25.5 Å². The molecule has 0 radical (unpaired) electrons. The second-order valence-corrected chi connectivity index (χ2v) is 9.26. The third-order valence-electron chi connectivity index (χ3n) is 7.19. The van der Waals surface area contributed by atoms with Gasteiger partial charge in [0, 0.05) is 38.1 Å². The van der Waals surface area contributed by atoms with Crippen LogP contribution >= 0.6 is 0 Å². The van der Waals surface area contributed by atoms with Gasteiger partial charge in [-0.1, -0.05) is 42.5 Å². The molecule has 0 aliphatic carbocycles. The van der Waals surface area contributed by atoms with Gasteiger partial charge in [-0.3, -0.25) is 14.5 Å². The molecule has 2 saturated heterocycles. The highest BCUT2D eigenvalue weighted by atomic mass is 16.5. The first-order valence-corrected chi connectivity index (χ1v) is 12.0. The molecule has 1 amide bonds. The summed E-state index contributed by atoms with van der Waals surface area (Å²) in [5, 5.41) is 9.88. The molecule has 6 nitrogen and oxygen atoms in total. The number of fused-ring (bicyclic) bond motifs is 2. The van der Waals surface area contributed by atoms with Gasteiger partial charge in [-0.05, 0) is 54.9 Å². The Morgan fingerprint density at radius 2 is 1.76 bits per heavy atom. The minimum Gasteiger partial charge on any atom is -0.508 e. The van der Waals surface area contributed by atoms with E-state index < -0.39 is 0 Å². The van der Waals surface area contributed by atoms with Crippen molar-refractivity contribution >= 4 is 11.9 Å². The van der Waals surface area contributed by atoms with E-state index >= 15 is 0 Å². The fourth-order valence-corrected chi connectivity index (χ4v) is 5.49. The van der Waals surface area contributed by atoms with E-state index in [9.17, 15) is 14.7 Å². The Balaban J connectivity index is 1.38. The van der Waals surface area contributed by atoms with Gasteiger partial charge in [0.05, 0.1) is 13.5 Å². The molecule has 0 aromatic heterocycles. The summed E-state index contributed by atoms with van der Waals surface area (Å²) in [6, 6.07) is 18.7. The number of rotatable bonds is 9. The number of benzene rings is 2.